The third-order valence-electron chi connectivity index (χ3n) is 5.03. The van der Waals surface area contributed by atoms with Crippen LogP contribution in [0.4, 0.5) is 0 Å². The molecular weight excluding hydrogens is 318 g/mol. The van der Waals surface area contributed by atoms with Crippen LogP contribution in [-0.2, 0) is 0 Å². The summed E-state index contributed by atoms with van der Waals surface area (Å²) in [5.74, 6) is 0.653. The lowest BCUT2D eigenvalue weighted by Crippen LogP contribution is -2.63. The number of likely N-dealkylation sites (tertiary alicyclic amines) is 1. The molecule has 0 saturated carbocycles. The van der Waals surface area contributed by atoms with Gasteiger partial charge in [0.15, 0.2) is 5.78 Å². The Morgan fingerprint density at radius 3 is 2.20 bits per heavy atom. The molecule has 25 heavy (non-hydrogen) atoms. The Balaban J connectivity index is 1.94. The van der Waals surface area contributed by atoms with Crippen molar-refractivity contribution in [1.82, 2.24) is 4.90 Å². The maximum Gasteiger partial charge on any atom is 0.159 e. The highest BCUT2D eigenvalue weighted by molar-refractivity contribution is 5.94. The molecule has 1 aromatic carbocycles. The minimum absolute atomic E-state index is 0.0170. The molecule has 140 valence electrons. The molecule has 1 aliphatic heterocycles. The Morgan fingerprint density at radius 2 is 1.72 bits per heavy atom. The van der Waals surface area contributed by atoms with Crippen LogP contribution in [-0.4, -0.2) is 57.3 Å². The molecule has 0 spiro atoms. The van der Waals surface area contributed by atoms with Crippen LogP contribution in [0.25, 0.3) is 0 Å². The molecule has 0 unspecified atom stereocenters. The number of nitrogens with zero attached hydrogens (tertiary/aromatic N) is 1. The number of carbonyl (C=O) groups excluding carboxylic acids is 1. The number of piperidine rings is 1. The quantitative estimate of drug-likeness (QED) is 0.773. The van der Waals surface area contributed by atoms with Crippen LogP contribution in [0, 0.1) is 0 Å². The predicted molar refractivity (Wildman–Crippen MR) is 98.1 cm³/mol. The molecule has 0 amide bonds. The molecule has 1 fully saturated rings. The number of hydrogen-bond donors (Lipinski definition) is 2. The lowest BCUT2D eigenvalue weighted by molar-refractivity contribution is -0.1000. The summed E-state index contributed by atoms with van der Waals surface area (Å²) in [6, 6.07) is 6.94. The smallest absolute Gasteiger partial charge is 0.159 e. The summed E-state index contributed by atoms with van der Waals surface area (Å²) in [7, 11) is 0. The summed E-state index contributed by atoms with van der Waals surface area (Å²) in [5.41, 5.74) is 0.264. The standard InChI is InChI=1S/C20H31NO4/c1-14(22)15-6-8-18(9-7-15)25-13-17(24)12-21-19(2,3)10-16(23)11-20(21,4)5/h6-9,16-17,23-24H,10-13H2,1-5H3/t17-/m1/s1. The third-order valence-corrected chi connectivity index (χ3v) is 5.03. The fraction of sp³-hybridized carbons (Fsp3) is 0.650. The average Bonchev–Trinajstić information content (AvgIpc) is 2.48. The van der Waals surface area contributed by atoms with Crippen LogP contribution >= 0.6 is 0 Å². The number of rotatable bonds is 6. The van der Waals surface area contributed by atoms with Crippen molar-refractivity contribution in [3.05, 3.63) is 29.8 Å². The van der Waals surface area contributed by atoms with Crippen molar-refractivity contribution < 1.29 is 19.7 Å². The fourth-order valence-electron chi connectivity index (χ4n) is 4.00. The topological polar surface area (TPSA) is 70.0 Å². The van der Waals surface area contributed by atoms with Crippen LogP contribution in [0.5, 0.6) is 5.75 Å². The van der Waals surface area contributed by atoms with Gasteiger partial charge in [-0.05, 0) is 71.7 Å². The molecule has 1 aliphatic rings. The first-order chi connectivity index (χ1) is 11.5. The minimum Gasteiger partial charge on any atom is -0.491 e. The molecule has 5 nitrogen and oxygen atoms in total. The van der Waals surface area contributed by atoms with Gasteiger partial charge in [0.25, 0.3) is 0 Å². The number of hydrogen-bond acceptors (Lipinski definition) is 5. The van der Waals surface area contributed by atoms with Gasteiger partial charge in [-0.3, -0.25) is 9.69 Å². The maximum atomic E-state index is 11.3. The van der Waals surface area contributed by atoms with Crippen molar-refractivity contribution in [2.45, 2.75) is 70.7 Å². The third kappa shape index (κ3) is 5.03. The van der Waals surface area contributed by atoms with E-state index in [0.29, 0.717) is 30.7 Å². The molecule has 1 aromatic rings. The van der Waals surface area contributed by atoms with Gasteiger partial charge in [0.1, 0.15) is 18.5 Å². The van der Waals surface area contributed by atoms with Crippen molar-refractivity contribution in [2.24, 2.45) is 0 Å². The van der Waals surface area contributed by atoms with Gasteiger partial charge >= 0.3 is 0 Å². The zero-order chi connectivity index (χ0) is 18.8. The summed E-state index contributed by atoms with van der Waals surface area (Å²) in [6.07, 6.45) is 0.434. The number of carbonyl (C=O) groups is 1. The molecule has 0 aromatic heterocycles. The second kappa shape index (κ2) is 7.44. The highest BCUT2D eigenvalue weighted by Crippen LogP contribution is 2.38. The van der Waals surface area contributed by atoms with Gasteiger partial charge in [-0.1, -0.05) is 0 Å². The Kier molecular flexibility index (Phi) is 5.92. The maximum absolute atomic E-state index is 11.3. The molecule has 2 N–H and O–H groups in total. The number of aliphatic hydroxyl groups excluding tert-OH is 2. The van der Waals surface area contributed by atoms with Crippen LogP contribution in [0.1, 0.15) is 57.8 Å². The molecule has 1 atom stereocenters. The number of ketones is 1. The summed E-state index contributed by atoms with van der Waals surface area (Å²) >= 11 is 0. The molecular formula is C20H31NO4. The average molecular weight is 349 g/mol. The zero-order valence-electron chi connectivity index (χ0n) is 16.0. The first-order valence-corrected chi connectivity index (χ1v) is 8.89. The lowest BCUT2D eigenvalue weighted by Gasteiger charge is -2.54. The molecule has 2 rings (SSSR count). The summed E-state index contributed by atoms with van der Waals surface area (Å²) in [5, 5.41) is 20.6. The van der Waals surface area contributed by atoms with E-state index in [1.165, 1.54) is 6.92 Å². The molecule has 0 radical (unpaired) electrons. The highest BCUT2D eigenvalue weighted by Gasteiger charge is 2.45. The van der Waals surface area contributed by atoms with Crippen molar-refractivity contribution in [1.29, 1.82) is 0 Å². The lowest BCUT2D eigenvalue weighted by atomic mass is 9.78. The van der Waals surface area contributed by atoms with Gasteiger partial charge in [-0.15, -0.1) is 0 Å². The largest absolute Gasteiger partial charge is 0.491 e. The van der Waals surface area contributed by atoms with Gasteiger partial charge in [0.05, 0.1) is 6.10 Å². The van der Waals surface area contributed by atoms with E-state index in [1.54, 1.807) is 24.3 Å². The second-order valence-corrected chi connectivity index (χ2v) is 8.34. The molecule has 0 aliphatic carbocycles. The first kappa shape index (κ1) is 19.9. The van der Waals surface area contributed by atoms with Gasteiger partial charge in [0, 0.05) is 23.2 Å². The summed E-state index contributed by atoms with van der Waals surface area (Å²) < 4.78 is 5.66. The van der Waals surface area contributed by atoms with Crippen LogP contribution in [0.15, 0.2) is 24.3 Å². The van der Waals surface area contributed by atoms with Gasteiger partial charge in [-0.25, -0.2) is 0 Å². The Labute approximate surface area is 150 Å². The van der Waals surface area contributed by atoms with E-state index in [9.17, 15) is 15.0 Å². The highest BCUT2D eigenvalue weighted by atomic mass is 16.5. The summed E-state index contributed by atoms with van der Waals surface area (Å²) in [4.78, 5) is 13.5. The van der Waals surface area contributed by atoms with E-state index in [-0.39, 0.29) is 29.6 Å². The SMILES string of the molecule is CC(=O)c1ccc(OC[C@H](O)CN2C(C)(C)CC(O)CC2(C)C)cc1. The second-order valence-electron chi connectivity index (χ2n) is 8.34. The molecule has 0 bridgehead atoms. The number of aliphatic hydroxyl groups is 2. The number of benzene rings is 1. The number of β-amino-alcohol motifs (C(OH)–C–C–N with tert-alkyl or cyclic N) is 1. The minimum atomic E-state index is -0.638. The first-order valence-electron chi connectivity index (χ1n) is 8.89. The van der Waals surface area contributed by atoms with Crippen molar-refractivity contribution in [3.8, 4) is 5.75 Å². The normalized spacial score (nSPS) is 21.7. The van der Waals surface area contributed by atoms with Gasteiger partial charge in [-0.2, -0.15) is 0 Å². The van der Waals surface area contributed by atoms with E-state index in [2.05, 4.69) is 32.6 Å². The van der Waals surface area contributed by atoms with Crippen LogP contribution < -0.4 is 4.74 Å². The fourth-order valence-corrected chi connectivity index (χ4v) is 4.00. The van der Waals surface area contributed by atoms with Gasteiger partial charge in [0.2, 0.25) is 0 Å². The molecule has 1 heterocycles. The van der Waals surface area contributed by atoms with E-state index >= 15 is 0 Å². The van der Waals surface area contributed by atoms with E-state index < -0.39 is 6.10 Å². The van der Waals surface area contributed by atoms with Gasteiger partial charge < -0.3 is 14.9 Å². The van der Waals surface area contributed by atoms with E-state index in [4.69, 9.17) is 4.74 Å². The zero-order valence-corrected chi connectivity index (χ0v) is 16.0. The number of Topliss-reactive ketones (excluding diaryl/α,β-unsaturated/α-hetero) is 1. The van der Waals surface area contributed by atoms with E-state index in [1.807, 2.05) is 0 Å². The Morgan fingerprint density at radius 1 is 1.20 bits per heavy atom. The van der Waals surface area contributed by atoms with Crippen LogP contribution in [0.3, 0.4) is 0 Å². The number of ether oxygens (including phenoxy) is 1. The van der Waals surface area contributed by atoms with Crippen LogP contribution in [0.2, 0.25) is 0 Å². The Bertz CT molecular complexity index is 576. The molecule has 1 saturated heterocycles. The van der Waals surface area contributed by atoms with Crippen molar-refractivity contribution in [2.75, 3.05) is 13.2 Å². The predicted octanol–water partition coefficient (Wildman–Crippen LogP) is 2.64. The Hall–Kier alpha value is -1.43. The summed E-state index contributed by atoms with van der Waals surface area (Å²) in [6.45, 7) is 10.6. The van der Waals surface area contributed by atoms with Crippen molar-refractivity contribution in [3.63, 3.8) is 0 Å². The monoisotopic (exact) mass is 349 g/mol. The van der Waals surface area contributed by atoms with Crippen molar-refractivity contribution >= 4 is 5.78 Å². The molecule has 5 heteroatoms. The van der Waals surface area contributed by atoms with E-state index in [0.717, 1.165) is 0 Å².